The van der Waals surface area contributed by atoms with Gasteiger partial charge in [0.05, 0.1) is 38.1 Å². The Morgan fingerprint density at radius 1 is 1.29 bits per heavy atom. The van der Waals surface area contributed by atoms with Gasteiger partial charge in [0.1, 0.15) is 0 Å². The first-order chi connectivity index (χ1) is 11.7. The first-order valence-corrected chi connectivity index (χ1v) is 8.86. The van der Waals surface area contributed by atoms with Crippen molar-refractivity contribution in [2.45, 2.75) is 38.3 Å². The molecule has 3 rings (SSSR count). The molecule has 0 aromatic heterocycles. The topological polar surface area (TPSA) is 48.0 Å². The first-order valence-electron chi connectivity index (χ1n) is 8.86. The lowest BCUT2D eigenvalue weighted by Crippen LogP contribution is -2.59. The van der Waals surface area contributed by atoms with Crippen LogP contribution in [0.3, 0.4) is 0 Å². The molecule has 2 aliphatic rings. The Balaban J connectivity index is 1.75. The highest BCUT2D eigenvalue weighted by molar-refractivity contribution is 5.95. The molecule has 132 valence electrons. The molecule has 5 nitrogen and oxygen atoms in total. The molecule has 1 aromatic carbocycles. The third kappa shape index (κ3) is 3.48. The molecule has 0 unspecified atom stereocenters. The molecule has 5 heteroatoms. The van der Waals surface area contributed by atoms with Gasteiger partial charge in [0, 0.05) is 25.1 Å². The van der Waals surface area contributed by atoms with Gasteiger partial charge in [-0.3, -0.25) is 4.79 Å². The van der Waals surface area contributed by atoms with Crippen LogP contribution in [0.5, 0.6) is 0 Å². The van der Waals surface area contributed by atoms with Crippen molar-refractivity contribution in [3.63, 3.8) is 0 Å². The fourth-order valence-electron chi connectivity index (χ4n) is 3.55. The minimum Gasteiger partial charge on any atom is -0.379 e. The van der Waals surface area contributed by atoms with Crippen LogP contribution in [-0.2, 0) is 20.6 Å². The molecule has 2 atom stereocenters. The molecule has 2 saturated heterocycles. The van der Waals surface area contributed by atoms with Crippen LogP contribution in [-0.4, -0.2) is 62.0 Å². The Bertz CT molecular complexity index is 559. The summed E-state index contributed by atoms with van der Waals surface area (Å²) in [5.41, 5.74) is 1.62. The van der Waals surface area contributed by atoms with E-state index in [0.717, 1.165) is 18.4 Å². The predicted molar refractivity (Wildman–Crippen MR) is 91.3 cm³/mol. The lowest BCUT2D eigenvalue weighted by Gasteiger charge is -2.43. The molecule has 2 aliphatic heterocycles. The highest BCUT2D eigenvalue weighted by Gasteiger charge is 2.49. The largest absolute Gasteiger partial charge is 0.379 e. The number of nitrogens with zero attached hydrogens (tertiary/aromatic N) is 1. The van der Waals surface area contributed by atoms with E-state index in [1.807, 2.05) is 36.1 Å². The van der Waals surface area contributed by atoms with Gasteiger partial charge < -0.3 is 19.1 Å². The molecule has 0 N–H and O–H groups in total. The zero-order valence-corrected chi connectivity index (χ0v) is 14.6. The molecule has 1 amide bonds. The van der Waals surface area contributed by atoms with Crippen molar-refractivity contribution in [2.75, 3.05) is 39.6 Å². The van der Waals surface area contributed by atoms with Gasteiger partial charge in [0.15, 0.2) is 0 Å². The van der Waals surface area contributed by atoms with Gasteiger partial charge in [-0.1, -0.05) is 19.1 Å². The van der Waals surface area contributed by atoms with E-state index < -0.39 is 0 Å². The van der Waals surface area contributed by atoms with Crippen LogP contribution in [0.4, 0.5) is 0 Å². The van der Waals surface area contributed by atoms with Crippen molar-refractivity contribution in [2.24, 2.45) is 0 Å². The number of benzene rings is 1. The summed E-state index contributed by atoms with van der Waals surface area (Å²) in [5.74, 6) is 0.0709. The van der Waals surface area contributed by atoms with Crippen molar-refractivity contribution in [1.82, 2.24) is 4.90 Å². The van der Waals surface area contributed by atoms with Crippen LogP contribution in [0.2, 0.25) is 0 Å². The molecular formula is C19H27NO4. The van der Waals surface area contributed by atoms with E-state index in [2.05, 4.69) is 6.92 Å². The molecule has 1 spiro atoms. The fourth-order valence-corrected chi connectivity index (χ4v) is 3.55. The van der Waals surface area contributed by atoms with Crippen LogP contribution < -0.4 is 0 Å². The average molecular weight is 333 g/mol. The second kappa shape index (κ2) is 7.64. The summed E-state index contributed by atoms with van der Waals surface area (Å²) in [6.07, 6.45) is 1.78. The number of aryl methyl sites for hydroxylation is 1. The van der Waals surface area contributed by atoms with Crippen molar-refractivity contribution in [1.29, 1.82) is 0 Å². The lowest BCUT2D eigenvalue weighted by atomic mass is 9.92. The summed E-state index contributed by atoms with van der Waals surface area (Å²) in [7, 11) is 0. The highest BCUT2D eigenvalue weighted by Crippen LogP contribution is 2.34. The van der Waals surface area contributed by atoms with Crippen molar-refractivity contribution in [3.05, 3.63) is 35.4 Å². The van der Waals surface area contributed by atoms with E-state index in [4.69, 9.17) is 14.2 Å². The summed E-state index contributed by atoms with van der Waals surface area (Å²) >= 11 is 0. The Hall–Kier alpha value is -1.43. The molecule has 0 bridgehead atoms. The van der Waals surface area contributed by atoms with E-state index in [1.54, 1.807) is 0 Å². The van der Waals surface area contributed by atoms with Crippen LogP contribution >= 0.6 is 0 Å². The number of ether oxygens (including phenoxy) is 3. The number of hydrogen-bond donors (Lipinski definition) is 0. The van der Waals surface area contributed by atoms with Crippen LogP contribution in [0.25, 0.3) is 0 Å². The first kappa shape index (κ1) is 17.4. The Morgan fingerprint density at radius 3 is 2.79 bits per heavy atom. The zero-order chi connectivity index (χ0) is 17.0. The van der Waals surface area contributed by atoms with Gasteiger partial charge in [-0.25, -0.2) is 0 Å². The molecule has 0 saturated carbocycles. The number of carbonyl (C=O) groups excluding carboxylic acids is 1. The van der Waals surface area contributed by atoms with E-state index in [1.165, 1.54) is 5.56 Å². The van der Waals surface area contributed by atoms with Gasteiger partial charge in [-0.2, -0.15) is 0 Å². The van der Waals surface area contributed by atoms with Crippen LogP contribution in [0.15, 0.2) is 24.3 Å². The molecule has 2 heterocycles. The van der Waals surface area contributed by atoms with E-state index in [0.29, 0.717) is 39.6 Å². The van der Waals surface area contributed by atoms with Gasteiger partial charge in [0.2, 0.25) is 0 Å². The third-order valence-corrected chi connectivity index (χ3v) is 4.96. The van der Waals surface area contributed by atoms with Crippen molar-refractivity contribution >= 4 is 5.91 Å². The van der Waals surface area contributed by atoms with E-state index in [-0.39, 0.29) is 17.6 Å². The molecule has 0 radical (unpaired) electrons. The summed E-state index contributed by atoms with van der Waals surface area (Å²) in [5, 5.41) is 0. The second-order valence-corrected chi connectivity index (χ2v) is 6.58. The number of morpholine rings is 1. The van der Waals surface area contributed by atoms with Gasteiger partial charge in [-0.15, -0.1) is 0 Å². The summed E-state index contributed by atoms with van der Waals surface area (Å²) < 4.78 is 17.1. The number of rotatable bonds is 5. The maximum Gasteiger partial charge on any atom is 0.254 e. The normalized spacial score (nSPS) is 26.9. The van der Waals surface area contributed by atoms with Gasteiger partial charge in [-0.05, 0) is 31.0 Å². The second-order valence-electron chi connectivity index (χ2n) is 6.58. The van der Waals surface area contributed by atoms with Crippen LogP contribution in [0, 0.1) is 0 Å². The third-order valence-electron chi connectivity index (χ3n) is 4.96. The number of hydrogen-bond acceptors (Lipinski definition) is 4. The Labute approximate surface area is 143 Å². The van der Waals surface area contributed by atoms with Crippen molar-refractivity contribution in [3.8, 4) is 0 Å². The average Bonchev–Trinajstić information content (AvgIpc) is 3.03. The molecular weight excluding hydrogens is 306 g/mol. The smallest absolute Gasteiger partial charge is 0.254 e. The fraction of sp³-hybridized carbons (Fsp3) is 0.632. The zero-order valence-electron chi connectivity index (χ0n) is 14.6. The summed E-state index contributed by atoms with van der Waals surface area (Å²) in [4.78, 5) is 15.0. The monoisotopic (exact) mass is 333 g/mol. The molecule has 2 fully saturated rings. The maximum atomic E-state index is 13.1. The lowest BCUT2D eigenvalue weighted by molar-refractivity contribution is -0.0559. The van der Waals surface area contributed by atoms with Crippen molar-refractivity contribution < 1.29 is 19.0 Å². The Morgan fingerprint density at radius 2 is 2.08 bits per heavy atom. The Kier molecular flexibility index (Phi) is 5.54. The maximum absolute atomic E-state index is 13.1. The van der Waals surface area contributed by atoms with E-state index >= 15 is 0 Å². The van der Waals surface area contributed by atoms with Gasteiger partial charge in [0.25, 0.3) is 5.91 Å². The quantitative estimate of drug-likeness (QED) is 0.829. The molecule has 0 aliphatic carbocycles. The highest BCUT2D eigenvalue weighted by atomic mass is 16.5. The minimum absolute atomic E-state index is 0.0319. The number of amides is 1. The predicted octanol–water partition coefficient (Wildman–Crippen LogP) is 2.29. The molecule has 24 heavy (non-hydrogen) atoms. The summed E-state index contributed by atoms with van der Waals surface area (Å²) in [6, 6.07) is 7.92. The standard InChI is InChI=1S/C19H27NO4/c1-3-15-5-7-16(8-6-15)18(21)20-9-10-23-13-19(20)11-17(24-14-19)12-22-4-2/h5-8,17H,3-4,9-14H2,1-2H3/t17-,19+/m1/s1. The molecule has 1 aromatic rings. The SMILES string of the molecule is CCOC[C@H]1C[C@]2(COCCN2C(=O)c2ccc(CC)cc2)CO1. The minimum atomic E-state index is -0.361. The van der Waals surface area contributed by atoms with E-state index in [9.17, 15) is 4.79 Å². The van der Waals surface area contributed by atoms with Gasteiger partial charge >= 0.3 is 0 Å². The van der Waals surface area contributed by atoms with Crippen LogP contribution in [0.1, 0.15) is 36.2 Å². The summed E-state index contributed by atoms with van der Waals surface area (Å²) in [6.45, 7) is 7.58. The number of carbonyl (C=O) groups is 1.